The molecule has 1 aromatic carbocycles. The lowest BCUT2D eigenvalue weighted by atomic mass is 10.1. The van der Waals surface area contributed by atoms with Gasteiger partial charge in [-0.25, -0.2) is 4.68 Å². The molecule has 142 valence electrons. The van der Waals surface area contributed by atoms with Crippen LogP contribution in [-0.2, 0) is 11.3 Å². The molecule has 1 saturated carbocycles. The number of carbonyl (C=O) groups excluding carboxylic acids is 2. The highest BCUT2D eigenvalue weighted by Gasteiger charge is 2.31. The average molecular weight is 367 g/mol. The van der Waals surface area contributed by atoms with Crippen LogP contribution in [0.3, 0.4) is 0 Å². The van der Waals surface area contributed by atoms with Gasteiger partial charge in [-0.3, -0.25) is 9.59 Å². The molecule has 7 heteroatoms. The maximum absolute atomic E-state index is 12.7. The first kappa shape index (κ1) is 17.7. The number of piperazine rings is 1. The Morgan fingerprint density at radius 2 is 1.63 bits per heavy atom. The lowest BCUT2D eigenvalue weighted by molar-refractivity contribution is -0.136. The minimum atomic E-state index is -0.109. The van der Waals surface area contributed by atoms with Gasteiger partial charge >= 0.3 is 0 Å². The average Bonchev–Trinajstić information content (AvgIpc) is 3.40. The number of rotatable bonds is 4. The predicted molar refractivity (Wildman–Crippen MR) is 100 cm³/mol. The number of hydrogen-bond donors (Lipinski definition) is 0. The summed E-state index contributed by atoms with van der Waals surface area (Å²) in [5, 5.41) is 8.12. The molecular formula is C20H25N5O2. The molecule has 2 amide bonds. The van der Waals surface area contributed by atoms with Gasteiger partial charge in [0.05, 0.1) is 12.7 Å². The largest absolute Gasteiger partial charge is 0.339 e. The summed E-state index contributed by atoms with van der Waals surface area (Å²) in [6.45, 7) is 2.93. The topological polar surface area (TPSA) is 71.3 Å². The van der Waals surface area contributed by atoms with Crippen molar-refractivity contribution in [3.63, 3.8) is 0 Å². The van der Waals surface area contributed by atoms with E-state index in [1.165, 1.54) is 0 Å². The quantitative estimate of drug-likeness (QED) is 0.826. The molecule has 0 radical (unpaired) electrons. The normalized spacial score (nSPS) is 18.1. The molecule has 0 spiro atoms. The zero-order valence-electron chi connectivity index (χ0n) is 15.5. The lowest BCUT2D eigenvalue weighted by Gasteiger charge is -2.35. The third kappa shape index (κ3) is 4.02. The molecule has 2 heterocycles. The highest BCUT2D eigenvalue weighted by Crippen LogP contribution is 2.27. The molecule has 1 aliphatic heterocycles. The molecule has 1 aromatic heterocycles. The van der Waals surface area contributed by atoms with Gasteiger partial charge in [0.2, 0.25) is 5.91 Å². The van der Waals surface area contributed by atoms with Gasteiger partial charge in [0.25, 0.3) is 5.91 Å². The van der Waals surface area contributed by atoms with Crippen molar-refractivity contribution in [1.29, 1.82) is 0 Å². The van der Waals surface area contributed by atoms with Crippen LogP contribution in [-0.4, -0.2) is 62.8 Å². The molecule has 0 atom stereocenters. The smallest absolute Gasteiger partial charge is 0.276 e. The number of benzene rings is 1. The van der Waals surface area contributed by atoms with Crippen LogP contribution >= 0.6 is 0 Å². The van der Waals surface area contributed by atoms with Crippen molar-refractivity contribution in [1.82, 2.24) is 24.8 Å². The SMILES string of the molecule is O=C(c1cn(Cc2ccccc2)nn1)N1CCN(C(=O)C2CCCC2)CC1. The molecule has 1 aliphatic carbocycles. The van der Waals surface area contributed by atoms with E-state index in [-0.39, 0.29) is 17.7 Å². The maximum atomic E-state index is 12.7. The summed E-state index contributed by atoms with van der Waals surface area (Å²) in [4.78, 5) is 28.9. The molecule has 2 fully saturated rings. The molecule has 27 heavy (non-hydrogen) atoms. The van der Waals surface area contributed by atoms with Gasteiger partial charge < -0.3 is 9.80 Å². The number of aromatic nitrogens is 3. The minimum absolute atomic E-state index is 0.109. The Labute approximate surface area is 158 Å². The van der Waals surface area contributed by atoms with Gasteiger partial charge in [0.15, 0.2) is 5.69 Å². The lowest BCUT2D eigenvalue weighted by Crippen LogP contribution is -2.51. The van der Waals surface area contributed by atoms with E-state index in [1.807, 2.05) is 35.2 Å². The van der Waals surface area contributed by atoms with Gasteiger partial charge in [-0.05, 0) is 18.4 Å². The predicted octanol–water partition coefficient (Wildman–Crippen LogP) is 1.80. The van der Waals surface area contributed by atoms with Crippen molar-refractivity contribution in [3.8, 4) is 0 Å². The van der Waals surface area contributed by atoms with E-state index in [0.29, 0.717) is 38.4 Å². The van der Waals surface area contributed by atoms with Gasteiger partial charge in [0.1, 0.15) is 0 Å². The van der Waals surface area contributed by atoms with Crippen molar-refractivity contribution < 1.29 is 9.59 Å². The van der Waals surface area contributed by atoms with Gasteiger partial charge in [-0.2, -0.15) is 0 Å². The summed E-state index contributed by atoms with van der Waals surface area (Å²) in [5.41, 5.74) is 1.47. The van der Waals surface area contributed by atoms with Gasteiger partial charge in [-0.15, -0.1) is 5.10 Å². The molecule has 0 N–H and O–H groups in total. The van der Waals surface area contributed by atoms with Crippen molar-refractivity contribution >= 4 is 11.8 Å². The Balaban J connectivity index is 1.32. The zero-order chi connectivity index (χ0) is 18.6. The van der Waals surface area contributed by atoms with E-state index in [0.717, 1.165) is 31.2 Å². The minimum Gasteiger partial charge on any atom is -0.339 e. The maximum Gasteiger partial charge on any atom is 0.276 e. The number of hydrogen-bond acceptors (Lipinski definition) is 4. The van der Waals surface area contributed by atoms with Crippen LogP contribution in [0.2, 0.25) is 0 Å². The standard InChI is InChI=1S/C20H25N5O2/c26-19(17-8-4-5-9-17)23-10-12-24(13-11-23)20(27)18-15-25(22-21-18)14-16-6-2-1-3-7-16/h1-3,6-7,15,17H,4-5,8-14H2. The van der Waals surface area contributed by atoms with Crippen LogP contribution in [0.1, 0.15) is 41.7 Å². The second kappa shape index (κ2) is 7.90. The zero-order valence-corrected chi connectivity index (χ0v) is 15.5. The molecule has 7 nitrogen and oxygen atoms in total. The molecule has 2 aliphatic rings. The van der Waals surface area contributed by atoms with Crippen LogP contribution in [0.5, 0.6) is 0 Å². The Morgan fingerprint density at radius 3 is 2.33 bits per heavy atom. The van der Waals surface area contributed by atoms with Gasteiger partial charge in [0, 0.05) is 32.1 Å². The van der Waals surface area contributed by atoms with E-state index in [9.17, 15) is 9.59 Å². The summed E-state index contributed by atoms with van der Waals surface area (Å²) in [6.07, 6.45) is 6.05. The first-order valence-electron chi connectivity index (χ1n) is 9.73. The van der Waals surface area contributed by atoms with E-state index in [2.05, 4.69) is 10.3 Å². The fraction of sp³-hybridized carbons (Fsp3) is 0.500. The van der Waals surface area contributed by atoms with E-state index in [4.69, 9.17) is 0 Å². The summed E-state index contributed by atoms with van der Waals surface area (Å²) < 4.78 is 1.68. The fourth-order valence-electron chi connectivity index (χ4n) is 3.97. The highest BCUT2D eigenvalue weighted by atomic mass is 16.2. The molecule has 1 saturated heterocycles. The van der Waals surface area contributed by atoms with E-state index < -0.39 is 0 Å². The third-order valence-electron chi connectivity index (χ3n) is 5.53. The first-order chi connectivity index (χ1) is 13.2. The van der Waals surface area contributed by atoms with Crippen molar-refractivity contribution in [3.05, 3.63) is 47.8 Å². The number of carbonyl (C=O) groups is 2. The van der Waals surface area contributed by atoms with Crippen LogP contribution < -0.4 is 0 Å². The van der Waals surface area contributed by atoms with Crippen molar-refractivity contribution in [2.75, 3.05) is 26.2 Å². The number of amides is 2. The van der Waals surface area contributed by atoms with Crippen LogP contribution in [0, 0.1) is 5.92 Å². The second-order valence-corrected chi connectivity index (χ2v) is 7.39. The van der Waals surface area contributed by atoms with E-state index >= 15 is 0 Å². The summed E-state index contributed by atoms with van der Waals surface area (Å²) >= 11 is 0. The molecule has 2 aromatic rings. The highest BCUT2D eigenvalue weighted by molar-refractivity contribution is 5.92. The van der Waals surface area contributed by atoms with Crippen molar-refractivity contribution in [2.45, 2.75) is 32.2 Å². The van der Waals surface area contributed by atoms with Crippen LogP contribution in [0.15, 0.2) is 36.5 Å². The Kier molecular flexibility index (Phi) is 5.18. The van der Waals surface area contributed by atoms with Crippen LogP contribution in [0.25, 0.3) is 0 Å². The molecular weight excluding hydrogens is 342 g/mol. The second-order valence-electron chi connectivity index (χ2n) is 7.39. The first-order valence-corrected chi connectivity index (χ1v) is 9.73. The Hall–Kier alpha value is -2.70. The summed E-state index contributed by atoms with van der Waals surface area (Å²) in [6, 6.07) is 9.96. The Bertz CT molecular complexity index is 790. The molecule has 0 unspecified atom stereocenters. The van der Waals surface area contributed by atoms with Crippen molar-refractivity contribution in [2.24, 2.45) is 5.92 Å². The van der Waals surface area contributed by atoms with E-state index in [1.54, 1.807) is 15.8 Å². The Morgan fingerprint density at radius 1 is 0.963 bits per heavy atom. The monoisotopic (exact) mass is 367 g/mol. The summed E-state index contributed by atoms with van der Waals surface area (Å²) in [7, 11) is 0. The third-order valence-corrected chi connectivity index (χ3v) is 5.53. The van der Waals surface area contributed by atoms with Crippen LogP contribution in [0.4, 0.5) is 0 Å². The summed E-state index contributed by atoms with van der Waals surface area (Å²) in [5.74, 6) is 0.362. The van der Waals surface area contributed by atoms with Gasteiger partial charge in [-0.1, -0.05) is 48.4 Å². The molecule has 0 bridgehead atoms. The fourth-order valence-corrected chi connectivity index (χ4v) is 3.97. The molecule has 4 rings (SSSR count). The number of nitrogens with zero attached hydrogens (tertiary/aromatic N) is 5.